The number of hydrogen-bond acceptors (Lipinski definition) is 5. The van der Waals surface area contributed by atoms with E-state index in [-0.39, 0.29) is 0 Å². The lowest BCUT2D eigenvalue weighted by molar-refractivity contribution is 0.186. The van der Waals surface area contributed by atoms with Crippen LogP contribution in [0.1, 0.15) is 0 Å². The average molecular weight is 460 g/mol. The van der Waals surface area contributed by atoms with Gasteiger partial charge in [-0.05, 0) is 48.7 Å². The third-order valence-corrected chi connectivity index (χ3v) is 5.63. The maximum Gasteiger partial charge on any atom is 0.173 e. The van der Waals surface area contributed by atoms with Crippen LogP contribution in [0.3, 0.4) is 0 Å². The molecular weight excluding hydrogens is 430 g/mol. The summed E-state index contributed by atoms with van der Waals surface area (Å²) in [5.74, 6) is 1.61. The first kappa shape index (κ1) is 23.1. The highest BCUT2D eigenvalue weighted by molar-refractivity contribution is 7.80. The fraction of sp³-hybridized carbons (Fsp3) is 0.364. The van der Waals surface area contributed by atoms with Gasteiger partial charge in [0.05, 0.1) is 14.2 Å². The zero-order valence-corrected chi connectivity index (χ0v) is 19.5. The number of ether oxygens (including phenoxy) is 2. The molecule has 2 aromatic carbocycles. The van der Waals surface area contributed by atoms with Crippen molar-refractivity contribution in [2.45, 2.75) is 0 Å². The first-order valence-corrected chi connectivity index (χ1v) is 11.0. The van der Waals surface area contributed by atoms with Crippen LogP contribution in [-0.4, -0.2) is 73.5 Å². The normalized spacial score (nSPS) is 13.9. The number of anilines is 2. The van der Waals surface area contributed by atoms with Crippen LogP contribution in [0.5, 0.6) is 11.5 Å². The standard InChI is InChI=1S/C22H29N5O2S2/c1-28-19-7-3-5-17(15-19)24-21(30)23-9-10-26-11-13-27(14-12-26)22(31)25-18-6-4-8-20(16-18)29-2/h3-8,15-16H,9-14H2,1-2H3,(H,25,31)(H2,23,24,30). The largest absolute Gasteiger partial charge is 0.497 e. The van der Waals surface area contributed by atoms with Crippen molar-refractivity contribution in [1.29, 1.82) is 0 Å². The van der Waals surface area contributed by atoms with E-state index < -0.39 is 0 Å². The van der Waals surface area contributed by atoms with E-state index >= 15 is 0 Å². The molecule has 0 spiro atoms. The molecule has 3 N–H and O–H groups in total. The van der Waals surface area contributed by atoms with Gasteiger partial charge in [0, 0.05) is 62.8 Å². The SMILES string of the molecule is COc1cccc(NC(=S)NCCN2CCN(C(=S)Nc3cccc(OC)c3)CC2)c1. The van der Waals surface area contributed by atoms with E-state index in [0.717, 1.165) is 67.3 Å². The maximum absolute atomic E-state index is 5.58. The quantitative estimate of drug-likeness (QED) is 0.543. The topological polar surface area (TPSA) is 61.0 Å². The second-order valence-electron chi connectivity index (χ2n) is 7.10. The van der Waals surface area contributed by atoms with Crippen molar-refractivity contribution in [3.05, 3.63) is 48.5 Å². The number of hydrogen-bond donors (Lipinski definition) is 3. The van der Waals surface area contributed by atoms with E-state index in [1.807, 2.05) is 48.5 Å². The third kappa shape index (κ3) is 7.23. The first-order chi connectivity index (χ1) is 15.1. The molecular formula is C22H29N5O2S2. The Kier molecular flexibility index (Phi) is 8.69. The minimum atomic E-state index is 0.607. The first-order valence-electron chi connectivity index (χ1n) is 10.2. The summed E-state index contributed by atoms with van der Waals surface area (Å²) in [6.07, 6.45) is 0. The Labute approximate surface area is 194 Å². The molecule has 0 unspecified atom stereocenters. The fourth-order valence-corrected chi connectivity index (χ4v) is 3.80. The Hall–Kier alpha value is -2.62. The van der Waals surface area contributed by atoms with Crippen molar-refractivity contribution < 1.29 is 9.47 Å². The van der Waals surface area contributed by atoms with Crippen LogP contribution >= 0.6 is 24.4 Å². The van der Waals surface area contributed by atoms with E-state index in [2.05, 4.69) is 25.8 Å². The molecule has 166 valence electrons. The highest BCUT2D eigenvalue weighted by Crippen LogP contribution is 2.18. The fourth-order valence-electron chi connectivity index (χ4n) is 3.28. The summed E-state index contributed by atoms with van der Waals surface area (Å²) in [5, 5.41) is 11.1. The van der Waals surface area contributed by atoms with E-state index in [1.165, 1.54) is 0 Å². The van der Waals surface area contributed by atoms with Crippen LogP contribution in [-0.2, 0) is 0 Å². The number of benzene rings is 2. The summed E-state index contributed by atoms with van der Waals surface area (Å²) >= 11 is 11.0. The van der Waals surface area contributed by atoms with Crippen LogP contribution in [0.2, 0.25) is 0 Å². The molecule has 31 heavy (non-hydrogen) atoms. The average Bonchev–Trinajstić information content (AvgIpc) is 2.79. The monoisotopic (exact) mass is 459 g/mol. The van der Waals surface area contributed by atoms with Gasteiger partial charge in [0.15, 0.2) is 10.2 Å². The molecule has 0 amide bonds. The molecule has 2 aromatic rings. The molecule has 0 radical (unpaired) electrons. The maximum atomic E-state index is 5.58. The highest BCUT2D eigenvalue weighted by Gasteiger charge is 2.18. The van der Waals surface area contributed by atoms with Crippen molar-refractivity contribution in [2.75, 3.05) is 64.1 Å². The van der Waals surface area contributed by atoms with Crippen molar-refractivity contribution in [3.63, 3.8) is 0 Å². The Balaban J connectivity index is 1.35. The molecule has 7 nitrogen and oxygen atoms in total. The van der Waals surface area contributed by atoms with Crippen molar-refractivity contribution in [1.82, 2.24) is 15.1 Å². The van der Waals surface area contributed by atoms with Gasteiger partial charge in [0.1, 0.15) is 11.5 Å². The molecule has 3 rings (SSSR count). The number of nitrogens with one attached hydrogen (secondary N) is 3. The Morgan fingerprint density at radius 1 is 0.871 bits per heavy atom. The van der Waals surface area contributed by atoms with Crippen molar-refractivity contribution in [3.8, 4) is 11.5 Å². The number of rotatable bonds is 7. The van der Waals surface area contributed by atoms with Gasteiger partial charge in [-0.15, -0.1) is 0 Å². The molecule has 9 heteroatoms. The van der Waals surface area contributed by atoms with Gasteiger partial charge in [-0.3, -0.25) is 4.90 Å². The van der Waals surface area contributed by atoms with Gasteiger partial charge in [0.2, 0.25) is 0 Å². The second kappa shape index (κ2) is 11.7. The molecule has 0 atom stereocenters. The molecule has 0 bridgehead atoms. The number of nitrogens with zero attached hydrogens (tertiary/aromatic N) is 2. The lowest BCUT2D eigenvalue weighted by Crippen LogP contribution is -2.51. The summed E-state index contributed by atoms with van der Waals surface area (Å²) in [7, 11) is 3.31. The van der Waals surface area contributed by atoms with Crippen LogP contribution in [0.25, 0.3) is 0 Å². The number of piperazine rings is 1. The molecule has 0 aromatic heterocycles. The summed E-state index contributed by atoms with van der Waals surface area (Å²) in [5.41, 5.74) is 1.84. The minimum Gasteiger partial charge on any atom is -0.497 e. The van der Waals surface area contributed by atoms with Gasteiger partial charge in [0.25, 0.3) is 0 Å². The van der Waals surface area contributed by atoms with Gasteiger partial charge in [-0.25, -0.2) is 0 Å². The summed E-state index contributed by atoms with van der Waals surface area (Å²) < 4.78 is 10.5. The Morgan fingerprint density at radius 3 is 2.03 bits per heavy atom. The van der Waals surface area contributed by atoms with Gasteiger partial charge in [-0.1, -0.05) is 12.1 Å². The molecule has 0 aliphatic carbocycles. The van der Waals surface area contributed by atoms with Crippen LogP contribution < -0.4 is 25.4 Å². The van der Waals surface area contributed by atoms with Crippen molar-refractivity contribution >= 4 is 46.0 Å². The van der Waals surface area contributed by atoms with Gasteiger partial charge >= 0.3 is 0 Å². The predicted molar refractivity (Wildman–Crippen MR) is 134 cm³/mol. The zero-order valence-electron chi connectivity index (χ0n) is 17.9. The number of methoxy groups -OCH3 is 2. The third-order valence-electron chi connectivity index (χ3n) is 5.02. The van der Waals surface area contributed by atoms with Crippen LogP contribution in [0, 0.1) is 0 Å². The van der Waals surface area contributed by atoms with E-state index in [4.69, 9.17) is 33.9 Å². The Bertz CT molecular complexity index is 885. The molecule has 1 fully saturated rings. The summed E-state index contributed by atoms with van der Waals surface area (Å²) in [6, 6.07) is 15.5. The predicted octanol–water partition coefficient (Wildman–Crippen LogP) is 3.00. The van der Waals surface area contributed by atoms with Crippen molar-refractivity contribution in [2.24, 2.45) is 0 Å². The van der Waals surface area contributed by atoms with Gasteiger partial charge in [-0.2, -0.15) is 0 Å². The molecule has 1 aliphatic rings. The summed E-state index contributed by atoms with van der Waals surface area (Å²) in [6.45, 7) is 5.39. The molecule has 1 aliphatic heterocycles. The minimum absolute atomic E-state index is 0.607. The Morgan fingerprint density at radius 2 is 1.45 bits per heavy atom. The zero-order chi connectivity index (χ0) is 22.1. The second-order valence-corrected chi connectivity index (χ2v) is 7.90. The molecule has 1 saturated heterocycles. The van der Waals surface area contributed by atoms with E-state index in [1.54, 1.807) is 14.2 Å². The summed E-state index contributed by atoms with van der Waals surface area (Å²) in [4.78, 5) is 4.61. The lowest BCUT2D eigenvalue weighted by Gasteiger charge is -2.36. The lowest BCUT2D eigenvalue weighted by atomic mass is 10.3. The van der Waals surface area contributed by atoms with Gasteiger partial charge < -0.3 is 30.3 Å². The smallest absolute Gasteiger partial charge is 0.173 e. The molecule has 1 heterocycles. The van der Waals surface area contributed by atoms with E-state index in [0.29, 0.717) is 5.11 Å². The molecule has 0 saturated carbocycles. The van der Waals surface area contributed by atoms with Crippen LogP contribution in [0.15, 0.2) is 48.5 Å². The highest BCUT2D eigenvalue weighted by atomic mass is 32.1. The van der Waals surface area contributed by atoms with Crippen LogP contribution in [0.4, 0.5) is 11.4 Å². The number of thiocarbonyl (C=S) groups is 2. The van der Waals surface area contributed by atoms with E-state index in [9.17, 15) is 0 Å².